The van der Waals surface area contributed by atoms with Crippen molar-refractivity contribution < 1.29 is 18.4 Å². The lowest BCUT2D eigenvalue weighted by Gasteiger charge is -2.21. The molecule has 1 aliphatic rings. The number of carbonyl (C=O) groups is 2. The van der Waals surface area contributed by atoms with E-state index in [4.69, 9.17) is 4.42 Å². The van der Waals surface area contributed by atoms with Crippen LogP contribution in [-0.2, 0) is 4.79 Å². The topological polar surface area (TPSA) is 80.4 Å². The Morgan fingerprint density at radius 2 is 1.82 bits per heavy atom. The molecular formula is C26H23FN4O3. The van der Waals surface area contributed by atoms with Gasteiger partial charge in [-0.2, -0.15) is 0 Å². The van der Waals surface area contributed by atoms with Gasteiger partial charge in [0.2, 0.25) is 11.9 Å². The number of furan rings is 1. The Hall–Kier alpha value is -4.20. The minimum absolute atomic E-state index is 0.132. The number of imidazole rings is 1. The smallest absolute Gasteiger partial charge is 0.290 e. The molecule has 0 atom stereocenters. The Morgan fingerprint density at radius 3 is 2.50 bits per heavy atom. The number of hydrogen-bond donors (Lipinski definition) is 1. The molecule has 1 fully saturated rings. The first-order valence-electron chi connectivity index (χ1n) is 11.1. The fourth-order valence-corrected chi connectivity index (χ4v) is 3.74. The lowest BCUT2D eigenvalue weighted by Crippen LogP contribution is -2.39. The molecule has 34 heavy (non-hydrogen) atoms. The maximum atomic E-state index is 13.5. The number of halogens is 1. The van der Waals surface area contributed by atoms with Gasteiger partial charge in [0.25, 0.3) is 5.91 Å². The number of rotatable bonds is 8. The van der Waals surface area contributed by atoms with Crippen molar-refractivity contribution in [3.05, 3.63) is 90.8 Å². The molecule has 2 aromatic heterocycles. The van der Waals surface area contributed by atoms with Crippen molar-refractivity contribution >= 4 is 17.8 Å². The molecule has 0 spiro atoms. The van der Waals surface area contributed by atoms with Gasteiger partial charge in [-0.15, -0.1) is 0 Å². The van der Waals surface area contributed by atoms with E-state index < -0.39 is 0 Å². The van der Waals surface area contributed by atoms with Gasteiger partial charge in [-0.25, -0.2) is 9.37 Å². The lowest BCUT2D eigenvalue weighted by molar-refractivity contribution is -0.117. The zero-order chi connectivity index (χ0) is 23.5. The van der Waals surface area contributed by atoms with E-state index in [9.17, 15) is 14.0 Å². The largest absolute Gasteiger partial charge is 0.459 e. The normalized spacial score (nSPS) is 13.0. The van der Waals surface area contributed by atoms with Gasteiger partial charge in [-0.1, -0.05) is 30.3 Å². The third-order valence-electron chi connectivity index (χ3n) is 5.66. The molecule has 1 saturated carbocycles. The molecule has 0 radical (unpaired) electrons. The monoisotopic (exact) mass is 458 g/mol. The van der Waals surface area contributed by atoms with E-state index in [0.29, 0.717) is 23.8 Å². The summed E-state index contributed by atoms with van der Waals surface area (Å²) < 4.78 is 20.4. The van der Waals surface area contributed by atoms with Crippen molar-refractivity contribution in [3.8, 4) is 16.9 Å². The predicted octanol–water partition coefficient (Wildman–Crippen LogP) is 4.76. The third kappa shape index (κ3) is 4.91. The maximum Gasteiger partial charge on any atom is 0.290 e. The second-order valence-electron chi connectivity index (χ2n) is 8.32. The first kappa shape index (κ1) is 21.6. The van der Waals surface area contributed by atoms with Crippen LogP contribution in [0.4, 0.5) is 10.3 Å². The van der Waals surface area contributed by atoms with Crippen LogP contribution in [-0.4, -0.2) is 39.4 Å². The summed E-state index contributed by atoms with van der Waals surface area (Å²) in [6, 6.07) is 18.7. The molecule has 0 saturated heterocycles. The van der Waals surface area contributed by atoms with E-state index in [2.05, 4.69) is 10.3 Å². The summed E-state index contributed by atoms with van der Waals surface area (Å²) in [6.07, 6.45) is 5.30. The Kier molecular flexibility index (Phi) is 5.95. The van der Waals surface area contributed by atoms with Crippen LogP contribution < -0.4 is 5.32 Å². The average molecular weight is 458 g/mol. The molecule has 1 aliphatic carbocycles. The van der Waals surface area contributed by atoms with Crippen LogP contribution in [0.3, 0.4) is 0 Å². The van der Waals surface area contributed by atoms with Crippen LogP contribution in [0.15, 0.2) is 83.6 Å². The molecule has 5 rings (SSSR count). The van der Waals surface area contributed by atoms with Gasteiger partial charge < -0.3 is 9.32 Å². The quantitative estimate of drug-likeness (QED) is 0.413. The summed E-state index contributed by atoms with van der Waals surface area (Å²) in [7, 11) is 0. The van der Waals surface area contributed by atoms with Crippen molar-refractivity contribution in [2.75, 3.05) is 18.4 Å². The summed E-state index contributed by atoms with van der Waals surface area (Å²) in [5.41, 5.74) is 2.18. The standard InChI is InChI=1S/C26H23FN4O3/c27-20-10-12-21(13-11-20)31-16-22(19-5-2-1-3-6-19)28-26(31)29-24(32)17-30(15-18-8-9-18)25(33)23-7-4-14-34-23/h1-7,10-14,16,18H,8-9,15,17H2,(H,28,29,32). The molecule has 2 heterocycles. The van der Waals surface area contributed by atoms with Gasteiger partial charge in [0.05, 0.1) is 12.0 Å². The van der Waals surface area contributed by atoms with Crippen molar-refractivity contribution in [1.82, 2.24) is 14.5 Å². The molecule has 2 aromatic carbocycles. The zero-order valence-corrected chi connectivity index (χ0v) is 18.4. The third-order valence-corrected chi connectivity index (χ3v) is 5.66. The van der Waals surface area contributed by atoms with E-state index >= 15 is 0 Å². The van der Waals surface area contributed by atoms with Gasteiger partial charge in [0, 0.05) is 24.0 Å². The van der Waals surface area contributed by atoms with Crippen LogP contribution in [0.5, 0.6) is 0 Å². The zero-order valence-electron chi connectivity index (χ0n) is 18.4. The molecule has 8 heteroatoms. The summed E-state index contributed by atoms with van der Waals surface area (Å²) in [6.45, 7) is 0.363. The van der Waals surface area contributed by atoms with Crippen molar-refractivity contribution in [3.63, 3.8) is 0 Å². The second kappa shape index (κ2) is 9.35. The highest BCUT2D eigenvalue weighted by atomic mass is 19.1. The number of benzene rings is 2. The van der Waals surface area contributed by atoms with Gasteiger partial charge in [0.15, 0.2) is 5.76 Å². The molecule has 1 N–H and O–H groups in total. The Balaban J connectivity index is 1.40. The van der Waals surface area contributed by atoms with Gasteiger partial charge in [-0.3, -0.25) is 19.5 Å². The number of aromatic nitrogens is 2. The first-order valence-corrected chi connectivity index (χ1v) is 11.1. The van der Waals surface area contributed by atoms with E-state index in [0.717, 1.165) is 18.4 Å². The summed E-state index contributed by atoms with van der Waals surface area (Å²) in [5.74, 6) is -0.171. The lowest BCUT2D eigenvalue weighted by atomic mass is 10.2. The van der Waals surface area contributed by atoms with Crippen molar-refractivity contribution in [2.45, 2.75) is 12.8 Å². The van der Waals surface area contributed by atoms with Gasteiger partial charge in [-0.05, 0) is 55.2 Å². The van der Waals surface area contributed by atoms with Gasteiger partial charge >= 0.3 is 0 Å². The minimum Gasteiger partial charge on any atom is -0.459 e. The van der Waals surface area contributed by atoms with Crippen molar-refractivity contribution in [1.29, 1.82) is 0 Å². The van der Waals surface area contributed by atoms with E-state index in [-0.39, 0.29) is 35.9 Å². The number of anilines is 1. The average Bonchev–Trinajstić information content (AvgIpc) is 3.32. The SMILES string of the molecule is O=C(CN(CC1CC1)C(=O)c1ccco1)Nc1nc(-c2ccccc2)cn1-c1ccc(F)cc1. The summed E-state index contributed by atoms with van der Waals surface area (Å²) >= 11 is 0. The summed E-state index contributed by atoms with van der Waals surface area (Å²) in [4.78, 5) is 32.0. The molecule has 7 nitrogen and oxygen atoms in total. The molecule has 0 bridgehead atoms. The van der Waals surface area contributed by atoms with Crippen LogP contribution in [0.25, 0.3) is 16.9 Å². The number of hydrogen-bond acceptors (Lipinski definition) is 4. The number of nitrogens with one attached hydrogen (secondary N) is 1. The second-order valence-corrected chi connectivity index (χ2v) is 8.32. The maximum absolute atomic E-state index is 13.5. The molecule has 0 unspecified atom stereocenters. The van der Waals surface area contributed by atoms with Crippen LogP contribution in [0.1, 0.15) is 23.4 Å². The fraction of sp³-hybridized carbons (Fsp3) is 0.192. The van der Waals surface area contributed by atoms with Crippen LogP contribution in [0, 0.1) is 11.7 Å². The van der Waals surface area contributed by atoms with Crippen molar-refractivity contribution in [2.24, 2.45) is 5.92 Å². The molecular weight excluding hydrogens is 435 g/mol. The minimum atomic E-state index is -0.380. The number of amides is 2. The highest BCUT2D eigenvalue weighted by Crippen LogP contribution is 2.30. The van der Waals surface area contributed by atoms with E-state index in [1.54, 1.807) is 35.0 Å². The molecule has 172 valence electrons. The Bertz CT molecular complexity index is 1280. The van der Waals surface area contributed by atoms with Gasteiger partial charge in [0.1, 0.15) is 12.4 Å². The molecule has 4 aromatic rings. The molecule has 2 amide bonds. The number of carbonyl (C=O) groups excluding carboxylic acids is 2. The summed E-state index contributed by atoms with van der Waals surface area (Å²) in [5, 5.41) is 2.83. The predicted molar refractivity (Wildman–Crippen MR) is 125 cm³/mol. The van der Waals surface area contributed by atoms with E-state index in [1.807, 2.05) is 30.3 Å². The highest BCUT2D eigenvalue weighted by molar-refractivity contribution is 5.97. The Labute approximate surface area is 195 Å². The van der Waals surface area contributed by atoms with Crippen LogP contribution >= 0.6 is 0 Å². The van der Waals surface area contributed by atoms with E-state index in [1.165, 1.54) is 23.3 Å². The number of nitrogens with zero attached hydrogens (tertiary/aromatic N) is 3. The first-order chi connectivity index (χ1) is 16.6. The molecule has 0 aliphatic heterocycles. The Morgan fingerprint density at radius 1 is 1.06 bits per heavy atom. The highest BCUT2D eigenvalue weighted by Gasteiger charge is 2.30. The van der Waals surface area contributed by atoms with Crippen LogP contribution in [0.2, 0.25) is 0 Å². The fourth-order valence-electron chi connectivity index (χ4n) is 3.74.